The molecule has 0 atom stereocenters. The number of hydrogen-bond donors (Lipinski definition) is 6. The first-order valence-electron chi connectivity index (χ1n) is 5.98. The van der Waals surface area contributed by atoms with Crippen LogP contribution in [0.5, 0.6) is 0 Å². The van der Waals surface area contributed by atoms with Crippen LogP contribution >= 0.6 is 0 Å². The highest BCUT2D eigenvalue weighted by atomic mass is 16.4. The largest absolute Gasteiger partial charge is 0.477 e. The molecule has 0 saturated heterocycles. The van der Waals surface area contributed by atoms with Gasteiger partial charge in [0.05, 0.1) is 6.10 Å². The average molecular weight is 323 g/mol. The standard InChI is InChI=1S/C11H15NO9.H3N/c13-6-1-11(2-6,10(20)21)12(3-7(14)15,4-8(16)17)5-9(18)19;/h6,13H,1-5H2,(H3-,14,15,16,17,18,19,20,21);1H3/p+1. The second-order valence-corrected chi connectivity index (χ2v) is 5.20. The first kappa shape index (κ1) is 19.8. The summed E-state index contributed by atoms with van der Waals surface area (Å²) in [6.45, 7) is -2.92. The highest BCUT2D eigenvalue weighted by Gasteiger charge is 2.66. The molecule has 8 N–H and O–H groups in total. The smallest absolute Gasteiger partial charge is 0.365 e. The molecule has 11 heteroatoms. The van der Waals surface area contributed by atoms with Gasteiger partial charge in [-0.1, -0.05) is 0 Å². The Morgan fingerprint density at radius 2 is 1.18 bits per heavy atom. The maximum atomic E-state index is 11.5. The number of rotatable bonds is 8. The molecule has 0 bridgehead atoms. The molecule has 1 saturated carbocycles. The molecule has 1 aliphatic rings. The van der Waals surface area contributed by atoms with Gasteiger partial charge in [0, 0.05) is 12.8 Å². The highest BCUT2D eigenvalue weighted by Crippen LogP contribution is 2.43. The molecular weight excluding hydrogens is 304 g/mol. The maximum absolute atomic E-state index is 11.5. The fourth-order valence-electron chi connectivity index (χ4n) is 2.88. The number of carboxylic acids is 4. The van der Waals surface area contributed by atoms with Crippen LogP contribution in [0, 0.1) is 0 Å². The zero-order valence-electron chi connectivity index (χ0n) is 11.6. The van der Waals surface area contributed by atoms with Gasteiger partial charge in [-0.3, -0.25) is 4.48 Å². The van der Waals surface area contributed by atoms with Gasteiger partial charge in [0.1, 0.15) is 0 Å². The van der Waals surface area contributed by atoms with Crippen molar-refractivity contribution in [1.82, 2.24) is 6.15 Å². The molecule has 0 heterocycles. The van der Waals surface area contributed by atoms with E-state index in [2.05, 4.69) is 0 Å². The van der Waals surface area contributed by atoms with Crippen molar-refractivity contribution < 1.29 is 49.2 Å². The molecule has 0 aromatic rings. The van der Waals surface area contributed by atoms with E-state index in [9.17, 15) is 29.4 Å². The predicted molar refractivity (Wildman–Crippen MR) is 68.4 cm³/mol. The number of carbonyl (C=O) groups is 4. The van der Waals surface area contributed by atoms with Gasteiger partial charge in [-0.25, -0.2) is 19.2 Å². The molecule has 126 valence electrons. The molecule has 0 unspecified atom stereocenters. The minimum absolute atomic E-state index is 0. The van der Waals surface area contributed by atoms with E-state index in [0.717, 1.165) is 0 Å². The summed E-state index contributed by atoms with van der Waals surface area (Å²) in [6.07, 6.45) is -1.82. The number of aliphatic carboxylic acids is 4. The van der Waals surface area contributed by atoms with Crippen LogP contribution in [-0.4, -0.2) is 85.2 Å². The molecule has 1 rings (SSSR count). The summed E-state index contributed by atoms with van der Waals surface area (Å²) >= 11 is 0. The summed E-state index contributed by atoms with van der Waals surface area (Å²) in [4.78, 5) is 44.6. The Kier molecular flexibility index (Phi) is 6.00. The highest BCUT2D eigenvalue weighted by molar-refractivity contribution is 5.81. The van der Waals surface area contributed by atoms with Gasteiger partial charge in [-0.05, 0) is 0 Å². The molecular formula is C11H19N2O9+. The lowest BCUT2D eigenvalue weighted by Gasteiger charge is -2.54. The third-order valence-electron chi connectivity index (χ3n) is 3.77. The number of carboxylic acid groups (broad SMARTS) is 4. The summed E-state index contributed by atoms with van der Waals surface area (Å²) in [6, 6.07) is 0. The number of quaternary nitrogens is 1. The van der Waals surface area contributed by atoms with E-state index in [0.29, 0.717) is 0 Å². The molecule has 0 amide bonds. The topological polar surface area (TPSA) is 204 Å². The van der Waals surface area contributed by atoms with Gasteiger partial charge < -0.3 is 31.7 Å². The minimum Gasteiger partial charge on any atom is -0.477 e. The fourth-order valence-corrected chi connectivity index (χ4v) is 2.88. The summed E-state index contributed by atoms with van der Waals surface area (Å²) in [5.41, 5.74) is -1.94. The fraction of sp³-hybridized carbons (Fsp3) is 0.636. The minimum atomic E-state index is -1.94. The van der Waals surface area contributed by atoms with E-state index in [4.69, 9.17) is 15.3 Å². The third kappa shape index (κ3) is 3.50. The van der Waals surface area contributed by atoms with Gasteiger partial charge in [0.2, 0.25) is 5.54 Å². The van der Waals surface area contributed by atoms with Crippen molar-refractivity contribution in [2.24, 2.45) is 0 Å². The van der Waals surface area contributed by atoms with Crippen molar-refractivity contribution in [3.63, 3.8) is 0 Å². The summed E-state index contributed by atoms with van der Waals surface area (Å²) < 4.78 is -1.18. The van der Waals surface area contributed by atoms with Crippen LogP contribution in [0.4, 0.5) is 0 Å². The Morgan fingerprint density at radius 1 is 0.864 bits per heavy atom. The first-order chi connectivity index (χ1) is 9.54. The van der Waals surface area contributed by atoms with Crippen LogP contribution in [-0.2, 0) is 19.2 Å². The molecule has 0 aromatic heterocycles. The van der Waals surface area contributed by atoms with Crippen LogP contribution < -0.4 is 6.15 Å². The number of aliphatic hydroxyl groups excluding tert-OH is 1. The number of hydrogen-bond acceptors (Lipinski definition) is 6. The zero-order chi connectivity index (χ0) is 16.4. The van der Waals surface area contributed by atoms with Gasteiger partial charge in [-0.2, -0.15) is 0 Å². The first-order valence-corrected chi connectivity index (χ1v) is 5.98. The van der Waals surface area contributed by atoms with E-state index in [1.165, 1.54) is 0 Å². The Bertz CT molecular complexity index is 443. The van der Waals surface area contributed by atoms with E-state index >= 15 is 0 Å². The van der Waals surface area contributed by atoms with E-state index in [1.807, 2.05) is 0 Å². The van der Waals surface area contributed by atoms with Crippen LogP contribution in [0.25, 0.3) is 0 Å². The monoisotopic (exact) mass is 323 g/mol. The summed E-state index contributed by atoms with van der Waals surface area (Å²) in [5.74, 6) is -6.06. The quantitative estimate of drug-likeness (QED) is 0.276. The van der Waals surface area contributed by atoms with Gasteiger partial charge in [0.25, 0.3) is 0 Å². The molecule has 1 fully saturated rings. The normalized spacial score (nSPS) is 23.8. The van der Waals surface area contributed by atoms with Crippen LogP contribution in [0.2, 0.25) is 0 Å². The average Bonchev–Trinajstić information content (AvgIpc) is 2.20. The lowest BCUT2D eigenvalue weighted by Crippen LogP contribution is -2.77. The Balaban J connectivity index is 0.00000441. The van der Waals surface area contributed by atoms with Crippen LogP contribution in [0.15, 0.2) is 0 Å². The second kappa shape index (κ2) is 6.68. The second-order valence-electron chi connectivity index (χ2n) is 5.20. The van der Waals surface area contributed by atoms with Crippen molar-refractivity contribution >= 4 is 23.9 Å². The Labute approximate surface area is 124 Å². The van der Waals surface area contributed by atoms with Crippen LogP contribution in [0.1, 0.15) is 12.8 Å². The lowest BCUT2D eigenvalue weighted by atomic mass is 9.70. The predicted octanol–water partition coefficient (Wildman–Crippen LogP) is -1.80. The van der Waals surface area contributed by atoms with Crippen molar-refractivity contribution in [2.45, 2.75) is 24.5 Å². The number of nitrogens with zero attached hydrogens (tertiary/aromatic N) is 1. The van der Waals surface area contributed by atoms with Crippen molar-refractivity contribution in [2.75, 3.05) is 19.6 Å². The molecule has 0 aromatic carbocycles. The maximum Gasteiger partial charge on any atom is 0.365 e. The molecule has 0 spiro atoms. The number of aliphatic hydroxyl groups is 1. The van der Waals surface area contributed by atoms with Crippen molar-refractivity contribution in [3.05, 3.63) is 0 Å². The van der Waals surface area contributed by atoms with Gasteiger partial charge in [0.15, 0.2) is 19.6 Å². The van der Waals surface area contributed by atoms with Crippen molar-refractivity contribution in [1.29, 1.82) is 0 Å². The van der Waals surface area contributed by atoms with E-state index in [1.54, 1.807) is 0 Å². The SMILES string of the molecule is N.O=C(O)C[N+](CC(=O)O)(CC(=O)O)C1(C(=O)O)CC(O)C1. The van der Waals surface area contributed by atoms with Crippen molar-refractivity contribution in [3.8, 4) is 0 Å². The summed E-state index contributed by atoms with van der Waals surface area (Å²) in [5, 5.41) is 45.6. The zero-order valence-corrected chi connectivity index (χ0v) is 11.6. The molecule has 1 aliphatic carbocycles. The van der Waals surface area contributed by atoms with Gasteiger partial charge >= 0.3 is 23.9 Å². The third-order valence-corrected chi connectivity index (χ3v) is 3.77. The lowest BCUT2D eigenvalue weighted by molar-refractivity contribution is -0.955. The molecule has 0 radical (unpaired) electrons. The van der Waals surface area contributed by atoms with E-state index < -0.39 is 72.5 Å². The summed E-state index contributed by atoms with van der Waals surface area (Å²) in [7, 11) is 0. The molecule has 11 nitrogen and oxygen atoms in total. The Hall–Kier alpha value is -2.24. The van der Waals surface area contributed by atoms with Gasteiger partial charge in [-0.15, -0.1) is 0 Å². The Morgan fingerprint density at radius 3 is 1.36 bits per heavy atom. The molecule has 0 aliphatic heterocycles. The molecule has 22 heavy (non-hydrogen) atoms. The van der Waals surface area contributed by atoms with Crippen LogP contribution in [0.3, 0.4) is 0 Å². The van der Waals surface area contributed by atoms with E-state index in [-0.39, 0.29) is 6.15 Å².